The van der Waals surface area contributed by atoms with Gasteiger partial charge >= 0.3 is 6.09 Å². The summed E-state index contributed by atoms with van der Waals surface area (Å²) in [5, 5.41) is 7.86. The lowest BCUT2D eigenvalue weighted by Crippen LogP contribution is -2.42. The SMILES string of the molecule is CC(C)(C)OC(=O)N1CCCC1CNc1ccc2ncc(I)n2n1. The number of nitrogens with one attached hydrogen (secondary N) is 1. The van der Waals surface area contributed by atoms with E-state index in [1.165, 1.54) is 0 Å². The Labute approximate surface area is 154 Å². The van der Waals surface area contributed by atoms with Gasteiger partial charge in [0.1, 0.15) is 15.1 Å². The highest BCUT2D eigenvalue weighted by atomic mass is 127. The van der Waals surface area contributed by atoms with Crippen LogP contribution in [0.2, 0.25) is 0 Å². The van der Waals surface area contributed by atoms with Gasteiger partial charge in [0.05, 0.1) is 12.2 Å². The smallest absolute Gasteiger partial charge is 0.410 e. The lowest BCUT2D eigenvalue weighted by atomic mass is 10.2. The fourth-order valence-corrected chi connectivity index (χ4v) is 3.27. The molecule has 8 heteroatoms. The Hall–Kier alpha value is -1.58. The molecule has 0 aliphatic carbocycles. The quantitative estimate of drug-likeness (QED) is 0.739. The largest absolute Gasteiger partial charge is 0.444 e. The van der Waals surface area contributed by atoms with Gasteiger partial charge in [0.25, 0.3) is 0 Å². The molecule has 0 saturated carbocycles. The van der Waals surface area contributed by atoms with Crippen molar-refractivity contribution < 1.29 is 9.53 Å². The van der Waals surface area contributed by atoms with Crippen LogP contribution in [0.4, 0.5) is 10.6 Å². The molecule has 0 radical (unpaired) electrons. The van der Waals surface area contributed by atoms with Crippen LogP contribution in [-0.2, 0) is 4.74 Å². The van der Waals surface area contributed by atoms with Gasteiger partial charge < -0.3 is 15.0 Å². The number of fused-ring (bicyclic) bond motifs is 1. The Morgan fingerprint density at radius 2 is 2.25 bits per heavy atom. The van der Waals surface area contributed by atoms with Crippen LogP contribution in [0.25, 0.3) is 5.65 Å². The molecule has 0 bridgehead atoms. The highest BCUT2D eigenvalue weighted by Crippen LogP contribution is 2.21. The molecular weight excluding hydrogens is 421 g/mol. The summed E-state index contributed by atoms with van der Waals surface area (Å²) in [6.07, 6.45) is 3.52. The maximum Gasteiger partial charge on any atom is 0.410 e. The molecule has 1 atom stereocenters. The fraction of sp³-hybridized carbons (Fsp3) is 0.562. The van der Waals surface area contributed by atoms with Crippen LogP contribution in [0.1, 0.15) is 33.6 Å². The monoisotopic (exact) mass is 443 g/mol. The third-order valence-corrected chi connectivity index (χ3v) is 4.58. The Morgan fingerprint density at radius 1 is 1.46 bits per heavy atom. The van der Waals surface area contributed by atoms with Crippen molar-refractivity contribution >= 4 is 40.1 Å². The predicted molar refractivity (Wildman–Crippen MR) is 100 cm³/mol. The van der Waals surface area contributed by atoms with Gasteiger partial charge in [0.2, 0.25) is 0 Å². The number of ether oxygens (including phenoxy) is 1. The summed E-state index contributed by atoms with van der Waals surface area (Å²) in [5.41, 5.74) is 0.351. The number of carbonyl (C=O) groups excluding carboxylic acids is 1. The van der Waals surface area contributed by atoms with E-state index in [-0.39, 0.29) is 12.1 Å². The second-order valence-corrected chi connectivity index (χ2v) is 8.03. The number of likely N-dealkylation sites (tertiary alicyclic amines) is 1. The van der Waals surface area contributed by atoms with E-state index in [0.717, 1.165) is 34.6 Å². The number of anilines is 1. The summed E-state index contributed by atoms with van der Waals surface area (Å²) in [4.78, 5) is 18.4. The summed E-state index contributed by atoms with van der Waals surface area (Å²) >= 11 is 2.20. The lowest BCUT2D eigenvalue weighted by molar-refractivity contribution is 0.0235. The van der Waals surface area contributed by atoms with E-state index in [9.17, 15) is 4.79 Å². The van der Waals surface area contributed by atoms with Gasteiger partial charge in [-0.1, -0.05) is 0 Å². The number of imidazole rings is 1. The van der Waals surface area contributed by atoms with Gasteiger partial charge in [0, 0.05) is 13.1 Å². The van der Waals surface area contributed by atoms with Crippen LogP contribution in [0.15, 0.2) is 18.3 Å². The summed E-state index contributed by atoms with van der Waals surface area (Å²) in [6.45, 7) is 7.07. The van der Waals surface area contributed by atoms with E-state index < -0.39 is 5.60 Å². The van der Waals surface area contributed by atoms with Crippen molar-refractivity contribution in [2.45, 2.75) is 45.3 Å². The van der Waals surface area contributed by atoms with E-state index >= 15 is 0 Å². The Balaban J connectivity index is 1.64. The van der Waals surface area contributed by atoms with Gasteiger partial charge in [0.15, 0.2) is 5.65 Å². The molecule has 7 nitrogen and oxygen atoms in total. The van der Waals surface area contributed by atoms with Crippen molar-refractivity contribution in [3.8, 4) is 0 Å². The van der Waals surface area contributed by atoms with Crippen LogP contribution in [0.3, 0.4) is 0 Å². The first kappa shape index (κ1) is 17.2. The first-order valence-corrected chi connectivity index (χ1v) is 9.15. The zero-order chi connectivity index (χ0) is 17.3. The third kappa shape index (κ3) is 3.90. The molecule has 0 aromatic carbocycles. The average Bonchev–Trinajstić information content (AvgIpc) is 3.11. The van der Waals surface area contributed by atoms with E-state index in [0.29, 0.717) is 6.54 Å². The topological polar surface area (TPSA) is 71.8 Å². The van der Waals surface area contributed by atoms with Crippen molar-refractivity contribution in [3.63, 3.8) is 0 Å². The average molecular weight is 443 g/mol. The third-order valence-electron chi connectivity index (χ3n) is 3.84. The molecule has 0 spiro atoms. The molecule has 1 saturated heterocycles. The van der Waals surface area contributed by atoms with Gasteiger partial charge in [-0.3, -0.25) is 0 Å². The van der Waals surface area contributed by atoms with E-state index in [4.69, 9.17) is 4.74 Å². The molecule has 1 aliphatic rings. The van der Waals surface area contributed by atoms with Crippen molar-refractivity contribution in [2.24, 2.45) is 0 Å². The molecule has 1 amide bonds. The number of hydrogen-bond donors (Lipinski definition) is 1. The van der Waals surface area contributed by atoms with E-state index in [1.54, 1.807) is 10.7 Å². The Kier molecular flexibility index (Phi) is 4.84. The molecule has 2 aromatic heterocycles. The van der Waals surface area contributed by atoms with E-state index in [1.807, 2.05) is 37.8 Å². The van der Waals surface area contributed by atoms with Crippen molar-refractivity contribution in [3.05, 3.63) is 22.0 Å². The van der Waals surface area contributed by atoms with Crippen LogP contribution in [0, 0.1) is 3.70 Å². The summed E-state index contributed by atoms with van der Waals surface area (Å²) in [5.74, 6) is 0.773. The zero-order valence-corrected chi connectivity index (χ0v) is 16.3. The zero-order valence-electron chi connectivity index (χ0n) is 14.1. The van der Waals surface area contributed by atoms with Gasteiger partial charge in [-0.15, -0.1) is 5.10 Å². The minimum Gasteiger partial charge on any atom is -0.444 e. The summed E-state index contributed by atoms with van der Waals surface area (Å²) < 4.78 is 8.25. The molecule has 1 aliphatic heterocycles. The highest BCUT2D eigenvalue weighted by molar-refractivity contribution is 14.1. The normalized spacial score (nSPS) is 18.2. The second-order valence-electron chi connectivity index (χ2n) is 6.92. The summed E-state index contributed by atoms with van der Waals surface area (Å²) in [6, 6.07) is 3.96. The number of aromatic nitrogens is 3. The van der Waals surface area contributed by atoms with E-state index in [2.05, 4.69) is 38.0 Å². The number of carbonyl (C=O) groups is 1. The molecular formula is C16H22IN5O2. The van der Waals surface area contributed by atoms with Crippen LogP contribution in [-0.4, -0.2) is 50.3 Å². The number of nitrogens with zero attached hydrogens (tertiary/aromatic N) is 4. The number of hydrogen-bond acceptors (Lipinski definition) is 5. The molecule has 3 rings (SSSR count). The molecule has 24 heavy (non-hydrogen) atoms. The standard InChI is InChI=1S/C16H22IN5O2/c1-16(2,3)24-15(23)21-8-4-5-11(21)9-18-13-6-7-14-19-10-12(17)22(14)20-13/h6-7,10-11H,4-5,8-9H2,1-3H3,(H,18,20). The maximum atomic E-state index is 12.3. The van der Waals surface area contributed by atoms with Crippen molar-refractivity contribution in [1.29, 1.82) is 0 Å². The lowest BCUT2D eigenvalue weighted by Gasteiger charge is -2.28. The molecule has 3 heterocycles. The van der Waals surface area contributed by atoms with Crippen LogP contribution < -0.4 is 5.32 Å². The fourth-order valence-electron chi connectivity index (χ4n) is 2.77. The highest BCUT2D eigenvalue weighted by Gasteiger charge is 2.31. The number of halogens is 1. The van der Waals surface area contributed by atoms with Crippen molar-refractivity contribution in [2.75, 3.05) is 18.4 Å². The second kappa shape index (κ2) is 6.73. The summed E-state index contributed by atoms with van der Waals surface area (Å²) in [7, 11) is 0. The molecule has 1 N–H and O–H groups in total. The van der Waals surface area contributed by atoms with Crippen molar-refractivity contribution in [1.82, 2.24) is 19.5 Å². The Morgan fingerprint density at radius 3 is 3.00 bits per heavy atom. The minimum atomic E-state index is -0.470. The number of rotatable bonds is 3. The van der Waals surface area contributed by atoms with Gasteiger partial charge in [-0.05, 0) is 68.3 Å². The van der Waals surface area contributed by atoms with Crippen LogP contribution >= 0.6 is 22.6 Å². The predicted octanol–water partition coefficient (Wildman–Crippen LogP) is 3.15. The van der Waals surface area contributed by atoms with Crippen LogP contribution in [0.5, 0.6) is 0 Å². The Bertz CT molecular complexity index is 740. The molecule has 1 unspecified atom stereocenters. The van der Waals surface area contributed by atoms with Gasteiger partial charge in [-0.2, -0.15) is 0 Å². The maximum absolute atomic E-state index is 12.3. The minimum absolute atomic E-state index is 0.124. The number of amides is 1. The first-order chi connectivity index (χ1) is 11.3. The molecule has 2 aromatic rings. The van der Waals surface area contributed by atoms with Gasteiger partial charge in [-0.25, -0.2) is 14.3 Å². The molecule has 130 valence electrons. The molecule has 1 fully saturated rings. The first-order valence-electron chi connectivity index (χ1n) is 8.07.